The lowest BCUT2D eigenvalue weighted by atomic mass is 9.77. The van der Waals surface area contributed by atoms with Crippen molar-refractivity contribution in [3.05, 3.63) is 70.3 Å². The van der Waals surface area contributed by atoms with Gasteiger partial charge in [-0.15, -0.1) is 0 Å². The lowest BCUT2D eigenvalue weighted by Crippen LogP contribution is -2.19. The first kappa shape index (κ1) is 35.4. The summed E-state index contributed by atoms with van der Waals surface area (Å²) < 4.78 is 35.8. The fraction of sp³-hybridized carbons (Fsp3) is 0.625. The molecule has 0 radical (unpaired) electrons. The lowest BCUT2D eigenvalue weighted by Gasteiger charge is -2.29. The maximum atomic E-state index is 13.2. The molecule has 202 valence electrons. The van der Waals surface area contributed by atoms with Crippen LogP contribution in [-0.4, -0.2) is 19.5 Å². The van der Waals surface area contributed by atoms with E-state index in [0.29, 0.717) is 19.0 Å². The molecule has 35 heavy (non-hydrogen) atoms. The molecule has 0 saturated heterocycles. The molecule has 1 fully saturated rings. The van der Waals surface area contributed by atoms with E-state index in [1.165, 1.54) is 16.7 Å². The van der Waals surface area contributed by atoms with Crippen molar-refractivity contribution >= 4 is 0 Å². The number of aryl methyl sites for hydroxylation is 1. The van der Waals surface area contributed by atoms with E-state index < -0.39 is 12.3 Å². The maximum Gasteiger partial charge on any atom is 0.119 e. The zero-order valence-corrected chi connectivity index (χ0v) is 24.2. The molecule has 2 atom stereocenters. The number of hydrogen-bond donors (Lipinski definition) is 0. The van der Waals surface area contributed by atoms with E-state index in [4.69, 9.17) is 0 Å². The van der Waals surface area contributed by atoms with Gasteiger partial charge in [0.25, 0.3) is 0 Å². The van der Waals surface area contributed by atoms with Crippen molar-refractivity contribution in [2.24, 2.45) is 5.92 Å². The quantitative estimate of drug-likeness (QED) is 0.331. The van der Waals surface area contributed by atoms with E-state index >= 15 is 0 Å². The lowest BCUT2D eigenvalue weighted by molar-refractivity contribution is 0.193. The fourth-order valence-corrected chi connectivity index (χ4v) is 4.23. The van der Waals surface area contributed by atoms with Gasteiger partial charge in [-0.3, -0.25) is 4.39 Å². The minimum Gasteiger partial charge on any atom is -0.255 e. The summed E-state index contributed by atoms with van der Waals surface area (Å²) in [5.41, 5.74) is 5.94. The molecule has 0 spiro atoms. The van der Waals surface area contributed by atoms with Crippen LogP contribution in [-0.2, 0) is 0 Å². The van der Waals surface area contributed by atoms with Gasteiger partial charge < -0.3 is 0 Å². The first-order chi connectivity index (χ1) is 16.7. The summed E-state index contributed by atoms with van der Waals surface area (Å²) in [7, 11) is 0.500. The zero-order chi connectivity index (χ0) is 27.4. The summed E-state index contributed by atoms with van der Waals surface area (Å²) in [6, 6.07) is 8.74. The SMILES string of the molecule is CC.CF.C\C=C/C=C(CCC)\C(C)=C(/C)C(C)F.Cc1cccc(C(C)C2CCC(F)CC2)c1. The van der Waals surface area contributed by atoms with Crippen LogP contribution in [0.4, 0.5) is 13.2 Å². The summed E-state index contributed by atoms with van der Waals surface area (Å²) in [5, 5.41) is 0. The summed E-state index contributed by atoms with van der Waals surface area (Å²) in [5.74, 6) is 1.25. The van der Waals surface area contributed by atoms with Crippen LogP contribution < -0.4 is 0 Å². The number of rotatable bonds is 7. The van der Waals surface area contributed by atoms with E-state index in [9.17, 15) is 13.2 Å². The molecule has 2 unspecified atom stereocenters. The van der Waals surface area contributed by atoms with Gasteiger partial charge in [0.1, 0.15) is 12.3 Å². The highest BCUT2D eigenvalue weighted by Gasteiger charge is 2.25. The fourth-order valence-electron chi connectivity index (χ4n) is 4.23. The summed E-state index contributed by atoms with van der Waals surface area (Å²) in [4.78, 5) is 0. The van der Waals surface area contributed by atoms with Crippen molar-refractivity contribution in [3.63, 3.8) is 0 Å². The molecule has 1 saturated carbocycles. The van der Waals surface area contributed by atoms with Crippen LogP contribution in [0.25, 0.3) is 0 Å². The average Bonchev–Trinajstić information content (AvgIpc) is 2.88. The first-order valence-electron chi connectivity index (χ1n) is 13.4. The molecule has 1 aromatic rings. The molecule has 0 bridgehead atoms. The Hall–Kier alpha value is -1.77. The van der Waals surface area contributed by atoms with Crippen molar-refractivity contribution in [1.82, 2.24) is 0 Å². The van der Waals surface area contributed by atoms with E-state index in [1.54, 1.807) is 6.92 Å². The second-order valence-electron chi connectivity index (χ2n) is 9.11. The molecule has 0 N–H and O–H groups in total. The Morgan fingerprint density at radius 1 is 1.06 bits per heavy atom. The number of alkyl halides is 3. The Bertz CT molecular complexity index is 735. The largest absolute Gasteiger partial charge is 0.255 e. The number of allylic oxidation sites excluding steroid dienone is 6. The average molecular weight is 495 g/mol. The standard InChI is InChI=1S/C15H21F.C14H23F.C2H6.CH3F/c1-11-4-3-5-14(10-11)12(2)13-6-8-15(16)9-7-13;1-6-8-10-14(9-7-2)12(4)11(3)13(5)15;2*1-2/h3-5,10,12-13,15H,6-9H2,1-2H3;6,8,10,13H,7,9H2,1-5H3;1-2H3;1H3/b;8-6-,12-11+,14-10-;;. The van der Waals surface area contributed by atoms with Crippen LogP contribution in [0.3, 0.4) is 0 Å². The van der Waals surface area contributed by atoms with Gasteiger partial charge in [0, 0.05) is 0 Å². The third kappa shape index (κ3) is 14.4. The maximum absolute atomic E-state index is 13.2. The molecule has 1 aliphatic carbocycles. The monoisotopic (exact) mass is 494 g/mol. The third-order valence-corrected chi connectivity index (χ3v) is 6.66. The van der Waals surface area contributed by atoms with Crippen molar-refractivity contribution in [2.75, 3.05) is 7.18 Å². The molecule has 3 heteroatoms. The van der Waals surface area contributed by atoms with Gasteiger partial charge in [-0.1, -0.05) is 82.2 Å². The van der Waals surface area contributed by atoms with E-state index in [2.05, 4.69) is 51.1 Å². The second-order valence-corrected chi connectivity index (χ2v) is 9.11. The zero-order valence-electron chi connectivity index (χ0n) is 24.2. The summed E-state index contributed by atoms with van der Waals surface area (Å²) in [6.07, 6.45) is 10.5. The molecule has 0 amide bonds. The molecular weight excluding hydrogens is 441 g/mol. The van der Waals surface area contributed by atoms with Gasteiger partial charge in [0.2, 0.25) is 0 Å². The highest BCUT2D eigenvalue weighted by Crippen LogP contribution is 2.36. The van der Waals surface area contributed by atoms with Crippen LogP contribution in [0.15, 0.2) is 59.2 Å². The second kappa shape index (κ2) is 21.5. The van der Waals surface area contributed by atoms with Crippen molar-refractivity contribution in [3.8, 4) is 0 Å². The normalized spacial score (nSPS) is 20.2. The molecule has 0 aromatic heterocycles. The van der Waals surface area contributed by atoms with Gasteiger partial charge in [-0.25, -0.2) is 8.78 Å². The Morgan fingerprint density at radius 3 is 2.09 bits per heavy atom. The number of halogens is 3. The van der Waals surface area contributed by atoms with Crippen molar-refractivity contribution in [1.29, 1.82) is 0 Å². The highest BCUT2D eigenvalue weighted by atomic mass is 19.1. The van der Waals surface area contributed by atoms with Gasteiger partial charge in [0.15, 0.2) is 0 Å². The highest BCUT2D eigenvalue weighted by molar-refractivity contribution is 5.36. The third-order valence-electron chi connectivity index (χ3n) is 6.66. The minimum absolute atomic E-state index is 0.500. The molecule has 1 aromatic carbocycles. The molecule has 2 rings (SSSR count). The predicted molar refractivity (Wildman–Crippen MR) is 152 cm³/mol. The van der Waals surface area contributed by atoms with Crippen LogP contribution in [0, 0.1) is 12.8 Å². The van der Waals surface area contributed by atoms with E-state index in [0.717, 1.165) is 49.7 Å². The molecule has 1 aliphatic rings. The van der Waals surface area contributed by atoms with Crippen LogP contribution >= 0.6 is 0 Å². The van der Waals surface area contributed by atoms with E-state index in [-0.39, 0.29) is 0 Å². The first-order valence-corrected chi connectivity index (χ1v) is 13.4. The minimum atomic E-state index is -0.851. The number of hydrogen-bond acceptors (Lipinski definition) is 0. The van der Waals surface area contributed by atoms with Crippen molar-refractivity contribution < 1.29 is 13.2 Å². The van der Waals surface area contributed by atoms with Gasteiger partial charge >= 0.3 is 0 Å². The molecule has 0 aliphatic heterocycles. The van der Waals surface area contributed by atoms with Gasteiger partial charge in [-0.2, -0.15) is 0 Å². The van der Waals surface area contributed by atoms with Crippen LogP contribution in [0.5, 0.6) is 0 Å². The smallest absolute Gasteiger partial charge is 0.119 e. The summed E-state index contributed by atoms with van der Waals surface area (Å²) >= 11 is 0. The van der Waals surface area contributed by atoms with Crippen molar-refractivity contribution in [2.45, 2.75) is 119 Å². The Morgan fingerprint density at radius 2 is 1.63 bits per heavy atom. The predicted octanol–water partition coefficient (Wildman–Crippen LogP) is 11.2. The molecular formula is C32H53F3. The summed E-state index contributed by atoms with van der Waals surface area (Å²) in [6.45, 7) is 18.0. The van der Waals surface area contributed by atoms with Crippen LogP contribution in [0.1, 0.15) is 111 Å². The molecule has 0 nitrogen and oxygen atoms in total. The molecule has 0 heterocycles. The van der Waals surface area contributed by atoms with Gasteiger partial charge in [-0.05, 0) is 101 Å². The topological polar surface area (TPSA) is 0 Å². The van der Waals surface area contributed by atoms with Gasteiger partial charge in [0.05, 0.1) is 7.18 Å². The Labute approximate surface area is 215 Å². The Balaban J connectivity index is 0. The number of benzene rings is 1. The Kier molecular flexibility index (Phi) is 21.7. The van der Waals surface area contributed by atoms with E-state index in [1.807, 2.05) is 46.8 Å². The van der Waals surface area contributed by atoms with Crippen LogP contribution in [0.2, 0.25) is 0 Å².